The average Bonchev–Trinajstić information content (AvgIpc) is 3.05. The van der Waals surface area contributed by atoms with Crippen molar-refractivity contribution in [1.82, 2.24) is 9.78 Å². The average molecular weight is 375 g/mol. The molecule has 1 aromatic heterocycles. The molecule has 0 bridgehead atoms. The first-order valence-electron chi connectivity index (χ1n) is 7.72. The fourth-order valence-corrected chi connectivity index (χ4v) is 2.53. The summed E-state index contributed by atoms with van der Waals surface area (Å²) in [5.74, 6) is 0.313. The van der Waals surface area contributed by atoms with Crippen LogP contribution in [0.5, 0.6) is 5.75 Å². The van der Waals surface area contributed by atoms with Crippen molar-refractivity contribution >= 4 is 29.0 Å². The number of nitrogens with zero attached hydrogens (tertiary/aromatic N) is 2. The van der Waals surface area contributed by atoms with Gasteiger partial charge >= 0.3 is 6.03 Å². The lowest BCUT2D eigenvalue weighted by atomic mass is 10.2. The van der Waals surface area contributed by atoms with E-state index in [0.717, 1.165) is 5.56 Å². The molecule has 26 heavy (non-hydrogen) atoms. The van der Waals surface area contributed by atoms with Gasteiger partial charge in [-0.1, -0.05) is 17.7 Å². The molecule has 0 aliphatic carbocycles. The van der Waals surface area contributed by atoms with Gasteiger partial charge in [0.1, 0.15) is 11.6 Å². The highest BCUT2D eigenvalue weighted by atomic mass is 35.5. The van der Waals surface area contributed by atoms with Crippen LogP contribution in [-0.2, 0) is 6.54 Å². The predicted octanol–water partition coefficient (Wildman–Crippen LogP) is 4.38. The summed E-state index contributed by atoms with van der Waals surface area (Å²) < 4.78 is 19.8. The van der Waals surface area contributed by atoms with Crippen LogP contribution in [0.25, 0.3) is 0 Å². The normalized spacial score (nSPS) is 10.4. The molecule has 3 rings (SSSR count). The van der Waals surface area contributed by atoms with Gasteiger partial charge in [-0.2, -0.15) is 5.10 Å². The number of carbonyl (C=O) groups excluding carboxylic acids is 1. The minimum Gasteiger partial charge on any atom is -0.497 e. The van der Waals surface area contributed by atoms with Gasteiger partial charge < -0.3 is 15.4 Å². The van der Waals surface area contributed by atoms with Crippen LogP contribution >= 0.6 is 11.6 Å². The Morgan fingerprint density at radius 3 is 2.62 bits per heavy atom. The second-order valence-corrected chi connectivity index (χ2v) is 5.88. The molecule has 2 N–H and O–H groups in total. The van der Waals surface area contributed by atoms with Gasteiger partial charge in [0.25, 0.3) is 0 Å². The Hall–Kier alpha value is -3.06. The zero-order valence-corrected chi connectivity index (χ0v) is 14.6. The van der Waals surface area contributed by atoms with E-state index in [1.807, 2.05) is 0 Å². The highest BCUT2D eigenvalue weighted by Crippen LogP contribution is 2.19. The van der Waals surface area contributed by atoms with Crippen LogP contribution in [0.1, 0.15) is 5.56 Å². The van der Waals surface area contributed by atoms with E-state index in [1.165, 1.54) is 18.3 Å². The van der Waals surface area contributed by atoms with Gasteiger partial charge in [0.2, 0.25) is 0 Å². The summed E-state index contributed by atoms with van der Waals surface area (Å²) in [4.78, 5) is 12.0. The van der Waals surface area contributed by atoms with Gasteiger partial charge in [0.05, 0.1) is 25.5 Å². The van der Waals surface area contributed by atoms with Crippen molar-refractivity contribution in [1.29, 1.82) is 0 Å². The van der Waals surface area contributed by atoms with E-state index in [2.05, 4.69) is 15.7 Å². The topological polar surface area (TPSA) is 68.2 Å². The quantitative estimate of drug-likeness (QED) is 0.696. The smallest absolute Gasteiger partial charge is 0.323 e. The number of halogens is 2. The molecule has 0 radical (unpaired) electrons. The monoisotopic (exact) mass is 374 g/mol. The lowest BCUT2D eigenvalue weighted by molar-refractivity contribution is 0.262. The Morgan fingerprint density at radius 1 is 1.19 bits per heavy atom. The number of ether oxygens (including phenoxy) is 1. The second kappa shape index (κ2) is 7.88. The predicted molar refractivity (Wildman–Crippen MR) is 98.4 cm³/mol. The molecule has 8 heteroatoms. The number of anilines is 2. The molecule has 0 unspecified atom stereocenters. The van der Waals surface area contributed by atoms with Crippen molar-refractivity contribution in [3.8, 4) is 5.75 Å². The fraction of sp³-hybridized carbons (Fsp3) is 0.111. The maximum Gasteiger partial charge on any atom is 0.323 e. The van der Waals surface area contributed by atoms with E-state index in [0.29, 0.717) is 28.7 Å². The third kappa shape index (κ3) is 4.52. The molecular formula is C18H16ClFN4O2. The highest BCUT2D eigenvalue weighted by molar-refractivity contribution is 6.31. The van der Waals surface area contributed by atoms with Crippen LogP contribution in [0.4, 0.5) is 20.6 Å². The SMILES string of the molecule is COc1ccc(NC(=O)Nc2cnn(Cc3ccc(F)cc3Cl)c2)cc1. The standard InChI is InChI=1S/C18H16ClFN4O2/c1-26-16-6-4-14(5-7-16)22-18(25)23-15-9-21-24(11-15)10-12-2-3-13(20)8-17(12)19/h2-9,11H,10H2,1H3,(H2,22,23,25). The maximum atomic E-state index is 13.1. The largest absolute Gasteiger partial charge is 0.497 e. The third-order valence-corrected chi connectivity index (χ3v) is 3.94. The lowest BCUT2D eigenvalue weighted by Crippen LogP contribution is -2.19. The minimum atomic E-state index is -0.394. The van der Waals surface area contributed by atoms with E-state index in [4.69, 9.17) is 16.3 Å². The number of hydrogen-bond acceptors (Lipinski definition) is 3. The van der Waals surface area contributed by atoms with Crippen LogP contribution in [-0.4, -0.2) is 22.9 Å². The number of urea groups is 1. The summed E-state index contributed by atoms with van der Waals surface area (Å²) >= 11 is 6.01. The zero-order chi connectivity index (χ0) is 18.5. The van der Waals surface area contributed by atoms with Crippen LogP contribution in [0.2, 0.25) is 5.02 Å². The summed E-state index contributed by atoms with van der Waals surface area (Å²) in [5, 5.41) is 9.89. The van der Waals surface area contributed by atoms with Gasteiger partial charge in [-0.3, -0.25) is 4.68 Å². The molecule has 0 spiro atoms. The van der Waals surface area contributed by atoms with Crippen molar-refractivity contribution in [2.75, 3.05) is 17.7 Å². The summed E-state index contributed by atoms with van der Waals surface area (Å²) in [7, 11) is 1.58. The molecule has 0 aliphatic rings. The van der Waals surface area contributed by atoms with Crippen molar-refractivity contribution in [3.63, 3.8) is 0 Å². The van der Waals surface area contributed by atoms with Gasteiger partial charge in [-0.05, 0) is 42.0 Å². The molecule has 0 saturated heterocycles. The third-order valence-electron chi connectivity index (χ3n) is 3.59. The Bertz CT molecular complexity index is 912. The van der Waals surface area contributed by atoms with Crippen LogP contribution in [0.15, 0.2) is 54.9 Å². The van der Waals surface area contributed by atoms with E-state index in [1.54, 1.807) is 48.3 Å². The summed E-state index contributed by atoms with van der Waals surface area (Å²) in [5.41, 5.74) is 1.88. The molecule has 3 aromatic rings. The number of benzene rings is 2. The zero-order valence-electron chi connectivity index (χ0n) is 13.9. The number of hydrogen-bond donors (Lipinski definition) is 2. The Balaban J connectivity index is 1.59. The number of methoxy groups -OCH3 is 1. The van der Waals surface area contributed by atoms with Gasteiger partial charge in [0.15, 0.2) is 0 Å². The number of carbonyl (C=O) groups is 1. The number of rotatable bonds is 5. The summed E-state index contributed by atoms with van der Waals surface area (Å²) in [6.07, 6.45) is 3.18. The van der Waals surface area contributed by atoms with E-state index in [9.17, 15) is 9.18 Å². The Morgan fingerprint density at radius 2 is 1.92 bits per heavy atom. The van der Waals surface area contributed by atoms with E-state index in [-0.39, 0.29) is 0 Å². The van der Waals surface area contributed by atoms with E-state index < -0.39 is 11.8 Å². The second-order valence-electron chi connectivity index (χ2n) is 5.47. The van der Waals surface area contributed by atoms with Crippen molar-refractivity contribution < 1.29 is 13.9 Å². The first-order valence-corrected chi connectivity index (χ1v) is 8.10. The van der Waals surface area contributed by atoms with Gasteiger partial charge in [-0.25, -0.2) is 9.18 Å². The molecule has 2 amide bonds. The molecule has 1 heterocycles. The Kier molecular flexibility index (Phi) is 5.38. The van der Waals surface area contributed by atoms with Crippen LogP contribution in [0.3, 0.4) is 0 Å². The lowest BCUT2D eigenvalue weighted by Gasteiger charge is -2.07. The summed E-state index contributed by atoms with van der Waals surface area (Å²) in [6, 6.07) is 10.8. The Labute approximate surface area is 154 Å². The summed E-state index contributed by atoms with van der Waals surface area (Å²) in [6.45, 7) is 0.362. The number of amides is 2. The molecule has 0 atom stereocenters. The molecule has 6 nitrogen and oxygen atoms in total. The van der Waals surface area contributed by atoms with Crippen molar-refractivity contribution in [2.24, 2.45) is 0 Å². The van der Waals surface area contributed by atoms with Crippen LogP contribution < -0.4 is 15.4 Å². The van der Waals surface area contributed by atoms with Gasteiger partial charge in [0, 0.05) is 16.9 Å². The molecule has 2 aromatic carbocycles. The molecular weight excluding hydrogens is 359 g/mol. The molecule has 0 saturated carbocycles. The maximum absolute atomic E-state index is 13.1. The number of nitrogens with one attached hydrogen (secondary N) is 2. The molecule has 0 aliphatic heterocycles. The fourth-order valence-electron chi connectivity index (χ4n) is 2.31. The number of aromatic nitrogens is 2. The molecule has 134 valence electrons. The van der Waals surface area contributed by atoms with Gasteiger partial charge in [-0.15, -0.1) is 0 Å². The highest BCUT2D eigenvalue weighted by Gasteiger charge is 2.07. The van der Waals surface area contributed by atoms with Crippen molar-refractivity contribution in [3.05, 3.63) is 71.3 Å². The van der Waals surface area contributed by atoms with Crippen LogP contribution in [0, 0.1) is 5.82 Å². The first kappa shape index (κ1) is 17.8. The first-order chi connectivity index (χ1) is 12.5. The van der Waals surface area contributed by atoms with E-state index >= 15 is 0 Å². The van der Waals surface area contributed by atoms with Crippen molar-refractivity contribution in [2.45, 2.75) is 6.54 Å². The minimum absolute atomic E-state index is 0.326. The molecule has 0 fully saturated rings.